The van der Waals surface area contributed by atoms with E-state index in [0.717, 1.165) is 23.2 Å². The Labute approximate surface area is 135 Å². The number of rotatable bonds is 6. The predicted octanol–water partition coefficient (Wildman–Crippen LogP) is 5.23. The Hall–Kier alpha value is -0.650. The Morgan fingerprint density at radius 1 is 1.25 bits per heavy atom. The number of furan rings is 1. The van der Waals surface area contributed by atoms with E-state index in [1.165, 1.54) is 6.07 Å². The van der Waals surface area contributed by atoms with Gasteiger partial charge in [0.1, 0.15) is 11.6 Å². The fourth-order valence-corrected chi connectivity index (χ4v) is 2.75. The first-order chi connectivity index (χ1) is 9.60. The molecular formula is C15H16Br2FNO. The molecule has 0 bridgehead atoms. The van der Waals surface area contributed by atoms with Gasteiger partial charge in [0.25, 0.3) is 0 Å². The fraction of sp³-hybridized carbons (Fsp3) is 0.333. The number of halogens is 3. The molecule has 2 nitrogen and oxygen atoms in total. The van der Waals surface area contributed by atoms with Crippen LogP contribution in [-0.2, 0) is 6.42 Å². The highest BCUT2D eigenvalue weighted by Gasteiger charge is 2.17. The van der Waals surface area contributed by atoms with Gasteiger partial charge < -0.3 is 9.73 Å². The SMILES string of the molecule is CCCNC(Cc1cc(Br)ccc1F)c1ccc(Br)o1. The normalized spacial score (nSPS) is 12.6. The molecule has 2 aromatic rings. The van der Waals surface area contributed by atoms with Crippen LogP contribution in [0.25, 0.3) is 0 Å². The van der Waals surface area contributed by atoms with Crippen LogP contribution in [0.5, 0.6) is 0 Å². The maximum Gasteiger partial charge on any atom is 0.169 e. The zero-order valence-corrected chi connectivity index (χ0v) is 14.3. The van der Waals surface area contributed by atoms with Crippen LogP contribution in [0.15, 0.2) is 43.9 Å². The summed E-state index contributed by atoms with van der Waals surface area (Å²) < 4.78 is 21.1. The molecule has 0 radical (unpaired) electrons. The molecule has 1 unspecified atom stereocenters. The van der Waals surface area contributed by atoms with E-state index in [1.54, 1.807) is 6.07 Å². The fourth-order valence-electron chi connectivity index (χ4n) is 2.03. The lowest BCUT2D eigenvalue weighted by Gasteiger charge is -2.17. The highest BCUT2D eigenvalue weighted by atomic mass is 79.9. The van der Waals surface area contributed by atoms with Gasteiger partial charge in [-0.3, -0.25) is 0 Å². The summed E-state index contributed by atoms with van der Waals surface area (Å²) >= 11 is 6.69. The first-order valence-corrected chi connectivity index (χ1v) is 8.11. The van der Waals surface area contributed by atoms with Crippen molar-refractivity contribution in [2.75, 3.05) is 6.54 Å². The zero-order valence-electron chi connectivity index (χ0n) is 11.1. The molecule has 0 aliphatic rings. The molecule has 0 aliphatic carbocycles. The third kappa shape index (κ3) is 4.17. The van der Waals surface area contributed by atoms with Crippen LogP contribution in [0.2, 0.25) is 0 Å². The first kappa shape index (κ1) is 15.7. The predicted molar refractivity (Wildman–Crippen MR) is 85.2 cm³/mol. The summed E-state index contributed by atoms with van der Waals surface area (Å²) in [6, 6.07) is 8.73. The van der Waals surface area contributed by atoms with Crippen LogP contribution in [0.3, 0.4) is 0 Å². The smallest absolute Gasteiger partial charge is 0.169 e. The van der Waals surface area contributed by atoms with Crippen molar-refractivity contribution in [1.82, 2.24) is 5.32 Å². The zero-order chi connectivity index (χ0) is 14.5. The van der Waals surface area contributed by atoms with Crippen molar-refractivity contribution in [3.63, 3.8) is 0 Å². The molecular weight excluding hydrogens is 389 g/mol. The minimum atomic E-state index is -0.192. The summed E-state index contributed by atoms with van der Waals surface area (Å²) in [5, 5.41) is 3.40. The topological polar surface area (TPSA) is 25.2 Å². The van der Waals surface area contributed by atoms with Crippen molar-refractivity contribution in [2.24, 2.45) is 0 Å². The highest BCUT2D eigenvalue weighted by molar-refractivity contribution is 9.10. The summed E-state index contributed by atoms with van der Waals surface area (Å²) in [7, 11) is 0. The van der Waals surface area contributed by atoms with E-state index in [1.807, 2.05) is 18.2 Å². The lowest BCUT2D eigenvalue weighted by Crippen LogP contribution is -2.24. The molecule has 0 saturated carbocycles. The Morgan fingerprint density at radius 2 is 2.05 bits per heavy atom. The number of nitrogens with one attached hydrogen (secondary N) is 1. The Kier molecular flexibility index (Phi) is 5.81. The van der Waals surface area contributed by atoms with E-state index >= 15 is 0 Å². The standard InChI is InChI=1S/C15H16Br2FNO/c1-2-7-19-13(14-5-6-15(17)20-14)9-10-8-11(16)3-4-12(10)18/h3-6,8,13,19H,2,7,9H2,1H3. The maximum absolute atomic E-state index is 13.9. The molecule has 0 aliphatic heterocycles. The molecule has 5 heteroatoms. The van der Waals surface area contributed by atoms with E-state index in [4.69, 9.17) is 4.42 Å². The summed E-state index contributed by atoms with van der Waals surface area (Å²) in [4.78, 5) is 0. The highest BCUT2D eigenvalue weighted by Crippen LogP contribution is 2.26. The van der Waals surface area contributed by atoms with Crippen molar-refractivity contribution < 1.29 is 8.81 Å². The van der Waals surface area contributed by atoms with Crippen LogP contribution in [0, 0.1) is 5.82 Å². The third-order valence-electron chi connectivity index (χ3n) is 3.01. The van der Waals surface area contributed by atoms with Gasteiger partial charge in [-0.15, -0.1) is 0 Å². The molecule has 108 valence electrons. The largest absolute Gasteiger partial charge is 0.453 e. The van der Waals surface area contributed by atoms with E-state index in [0.29, 0.717) is 16.7 Å². The Balaban J connectivity index is 2.21. The van der Waals surface area contributed by atoms with Crippen molar-refractivity contribution >= 4 is 31.9 Å². The average molecular weight is 405 g/mol. The van der Waals surface area contributed by atoms with Crippen molar-refractivity contribution in [2.45, 2.75) is 25.8 Å². The second-order valence-electron chi connectivity index (χ2n) is 4.59. The molecule has 1 heterocycles. The Morgan fingerprint density at radius 3 is 2.70 bits per heavy atom. The van der Waals surface area contributed by atoms with E-state index in [2.05, 4.69) is 44.1 Å². The van der Waals surface area contributed by atoms with Crippen LogP contribution in [0.1, 0.15) is 30.7 Å². The molecule has 0 fully saturated rings. The van der Waals surface area contributed by atoms with Gasteiger partial charge in [0.2, 0.25) is 0 Å². The summed E-state index contributed by atoms with van der Waals surface area (Å²) in [5.74, 6) is 0.617. The van der Waals surface area contributed by atoms with Gasteiger partial charge in [-0.05, 0) is 71.2 Å². The van der Waals surface area contributed by atoms with Gasteiger partial charge in [-0.25, -0.2) is 4.39 Å². The van der Waals surface area contributed by atoms with Crippen molar-refractivity contribution in [3.05, 3.63) is 56.6 Å². The van der Waals surface area contributed by atoms with Gasteiger partial charge in [0.15, 0.2) is 4.67 Å². The molecule has 1 N–H and O–H groups in total. The first-order valence-electron chi connectivity index (χ1n) is 6.52. The number of hydrogen-bond acceptors (Lipinski definition) is 2. The van der Waals surface area contributed by atoms with Gasteiger partial charge in [0, 0.05) is 4.47 Å². The summed E-state index contributed by atoms with van der Waals surface area (Å²) in [5.41, 5.74) is 0.667. The van der Waals surface area contributed by atoms with Gasteiger partial charge in [-0.2, -0.15) is 0 Å². The molecule has 0 amide bonds. The van der Waals surface area contributed by atoms with Gasteiger partial charge in [-0.1, -0.05) is 22.9 Å². The van der Waals surface area contributed by atoms with E-state index in [-0.39, 0.29) is 11.9 Å². The van der Waals surface area contributed by atoms with Gasteiger partial charge >= 0.3 is 0 Å². The molecule has 0 spiro atoms. The average Bonchev–Trinajstić information content (AvgIpc) is 2.85. The molecule has 0 saturated heterocycles. The molecule has 1 aromatic carbocycles. The second kappa shape index (κ2) is 7.38. The van der Waals surface area contributed by atoms with Crippen LogP contribution < -0.4 is 5.32 Å². The van der Waals surface area contributed by atoms with E-state index < -0.39 is 0 Å². The number of benzene rings is 1. The Bertz CT molecular complexity index is 571. The van der Waals surface area contributed by atoms with E-state index in [9.17, 15) is 4.39 Å². The quantitative estimate of drug-likeness (QED) is 0.713. The minimum Gasteiger partial charge on any atom is -0.453 e. The second-order valence-corrected chi connectivity index (χ2v) is 6.29. The maximum atomic E-state index is 13.9. The van der Waals surface area contributed by atoms with Crippen molar-refractivity contribution in [3.8, 4) is 0 Å². The minimum absolute atomic E-state index is 0.0370. The molecule has 1 aromatic heterocycles. The lowest BCUT2D eigenvalue weighted by molar-refractivity contribution is 0.397. The van der Waals surface area contributed by atoms with Crippen LogP contribution in [0.4, 0.5) is 4.39 Å². The summed E-state index contributed by atoms with van der Waals surface area (Å²) in [6.45, 7) is 2.96. The summed E-state index contributed by atoms with van der Waals surface area (Å²) in [6.07, 6.45) is 1.56. The molecule has 1 atom stereocenters. The lowest BCUT2D eigenvalue weighted by atomic mass is 10.0. The van der Waals surface area contributed by atoms with Crippen molar-refractivity contribution in [1.29, 1.82) is 0 Å². The van der Waals surface area contributed by atoms with Gasteiger partial charge in [0.05, 0.1) is 6.04 Å². The number of hydrogen-bond donors (Lipinski definition) is 1. The monoisotopic (exact) mass is 403 g/mol. The molecule has 20 heavy (non-hydrogen) atoms. The third-order valence-corrected chi connectivity index (χ3v) is 3.93. The van der Waals surface area contributed by atoms with Crippen LogP contribution in [-0.4, -0.2) is 6.54 Å². The van der Waals surface area contributed by atoms with Crippen LogP contribution >= 0.6 is 31.9 Å². The molecule has 2 rings (SSSR count).